The van der Waals surface area contributed by atoms with Crippen molar-refractivity contribution in [3.05, 3.63) is 50.7 Å². The topological polar surface area (TPSA) is 50.2 Å². The van der Waals surface area contributed by atoms with Crippen molar-refractivity contribution in [2.45, 2.75) is 12.6 Å². The Morgan fingerprint density at radius 2 is 1.74 bits per heavy atom. The van der Waals surface area contributed by atoms with E-state index < -0.39 is 29.8 Å². The van der Waals surface area contributed by atoms with Crippen molar-refractivity contribution in [3.8, 4) is 11.1 Å². The van der Waals surface area contributed by atoms with E-state index in [2.05, 4.69) is 4.98 Å². The summed E-state index contributed by atoms with van der Waals surface area (Å²) >= 11 is 17.6. The van der Waals surface area contributed by atoms with E-state index in [1.54, 1.807) is 0 Å². The number of benzene rings is 1. The molecule has 0 saturated heterocycles. The Hall–Kier alpha value is -1.50. The third-order valence-corrected chi connectivity index (χ3v) is 3.96. The van der Waals surface area contributed by atoms with Crippen LogP contribution in [0.3, 0.4) is 0 Å². The molecule has 0 fully saturated rings. The van der Waals surface area contributed by atoms with Gasteiger partial charge in [-0.25, -0.2) is 0 Å². The molecule has 3 nitrogen and oxygen atoms in total. The third kappa shape index (κ3) is 3.88. The van der Waals surface area contributed by atoms with Gasteiger partial charge in [0.2, 0.25) is 0 Å². The molecule has 122 valence electrons. The van der Waals surface area contributed by atoms with Gasteiger partial charge in [-0.15, -0.1) is 0 Å². The number of carboxylic acid groups (broad SMARTS) is 1. The largest absolute Gasteiger partial charge is 0.481 e. The highest BCUT2D eigenvalue weighted by molar-refractivity contribution is 6.44. The van der Waals surface area contributed by atoms with Gasteiger partial charge in [-0.1, -0.05) is 34.8 Å². The summed E-state index contributed by atoms with van der Waals surface area (Å²) in [5.41, 5.74) is -1.83. The maximum atomic E-state index is 13.3. The van der Waals surface area contributed by atoms with Crippen LogP contribution in [0, 0.1) is 0 Å². The number of nitrogens with zero attached hydrogens (tertiary/aromatic N) is 1. The van der Waals surface area contributed by atoms with Crippen LogP contribution in [0.5, 0.6) is 0 Å². The minimum absolute atomic E-state index is 0.00989. The molecule has 1 N–H and O–H groups in total. The van der Waals surface area contributed by atoms with E-state index >= 15 is 0 Å². The monoisotopic (exact) mass is 383 g/mol. The molecule has 1 aromatic carbocycles. The summed E-state index contributed by atoms with van der Waals surface area (Å²) in [5, 5.41) is 8.88. The van der Waals surface area contributed by atoms with Gasteiger partial charge in [-0.2, -0.15) is 13.2 Å². The predicted octanol–water partition coefficient (Wildman–Crippen LogP) is 5.35. The molecule has 0 aliphatic heterocycles. The van der Waals surface area contributed by atoms with Crippen LogP contribution in [0.1, 0.15) is 11.3 Å². The number of carboxylic acids is 1. The lowest BCUT2D eigenvalue weighted by atomic mass is 9.96. The fourth-order valence-corrected chi connectivity index (χ4v) is 2.68. The zero-order valence-electron chi connectivity index (χ0n) is 11.1. The average Bonchev–Trinajstić information content (AvgIpc) is 2.41. The Kier molecular flexibility index (Phi) is 5.08. The molecule has 0 saturated carbocycles. The van der Waals surface area contributed by atoms with Crippen LogP contribution in [0.15, 0.2) is 24.4 Å². The number of halogens is 6. The summed E-state index contributed by atoms with van der Waals surface area (Å²) in [5.74, 6) is -1.29. The van der Waals surface area contributed by atoms with E-state index in [1.807, 2.05) is 0 Å². The molecule has 0 spiro atoms. The molecule has 2 rings (SSSR count). The van der Waals surface area contributed by atoms with Crippen molar-refractivity contribution in [2.24, 2.45) is 0 Å². The fraction of sp³-hybridized carbons (Fsp3) is 0.143. The summed E-state index contributed by atoms with van der Waals surface area (Å²) in [7, 11) is 0. The molecular weight excluding hydrogens is 378 g/mol. The number of pyridine rings is 1. The highest BCUT2D eigenvalue weighted by atomic mass is 35.5. The van der Waals surface area contributed by atoms with Crippen molar-refractivity contribution >= 4 is 40.8 Å². The van der Waals surface area contributed by atoms with Crippen LogP contribution < -0.4 is 0 Å². The lowest BCUT2D eigenvalue weighted by Gasteiger charge is -2.17. The SMILES string of the molecule is O=C(O)Cc1ccnc(C(F)(F)F)c1-c1cc(Cl)c(Cl)cc1Cl. The zero-order chi connectivity index (χ0) is 17.4. The first-order chi connectivity index (χ1) is 10.6. The van der Waals surface area contributed by atoms with E-state index in [-0.39, 0.29) is 26.2 Å². The van der Waals surface area contributed by atoms with Crippen molar-refractivity contribution in [3.63, 3.8) is 0 Å². The van der Waals surface area contributed by atoms with E-state index in [0.29, 0.717) is 0 Å². The Morgan fingerprint density at radius 1 is 1.13 bits per heavy atom. The first-order valence-electron chi connectivity index (χ1n) is 6.03. The molecule has 0 atom stereocenters. The van der Waals surface area contributed by atoms with Crippen LogP contribution in [0.2, 0.25) is 15.1 Å². The lowest BCUT2D eigenvalue weighted by Crippen LogP contribution is -2.13. The van der Waals surface area contributed by atoms with Gasteiger partial charge in [0.05, 0.1) is 21.5 Å². The van der Waals surface area contributed by atoms with E-state index in [4.69, 9.17) is 39.9 Å². The average molecular weight is 385 g/mol. The highest BCUT2D eigenvalue weighted by Crippen LogP contribution is 2.42. The first kappa shape index (κ1) is 17.8. The van der Waals surface area contributed by atoms with Crippen LogP contribution in [-0.2, 0) is 17.4 Å². The summed E-state index contributed by atoms with van der Waals surface area (Å²) in [4.78, 5) is 14.3. The molecule has 0 radical (unpaired) electrons. The molecule has 0 bridgehead atoms. The molecule has 1 heterocycles. The summed E-state index contributed by atoms with van der Waals surface area (Å²) in [6.45, 7) is 0. The minimum atomic E-state index is -4.79. The summed E-state index contributed by atoms with van der Waals surface area (Å²) < 4.78 is 39.8. The van der Waals surface area contributed by atoms with Crippen molar-refractivity contribution in [1.29, 1.82) is 0 Å². The number of aliphatic carboxylic acids is 1. The minimum Gasteiger partial charge on any atom is -0.481 e. The molecule has 9 heteroatoms. The van der Waals surface area contributed by atoms with Crippen molar-refractivity contribution in [2.75, 3.05) is 0 Å². The maximum absolute atomic E-state index is 13.3. The number of hydrogen-bond acceptors (Lipinski definition) is 2. The smallest absolute Gasteiger partial charge is 0.433 e. The predicted molar refractivity (Wildman–Crippen MR) is 81.0 cm³/mol. The maximum Gasteiger partial charge on any atom is 0.433 e. The second-order valence-corrected chi connectivity index (χ2v) is 5.73. The van der Waals surface area contributed by atoms with Gasteiger partial charge < -0.3 is 5.11 Å². The molecule has 2 aromatic rings. The van der Waals surface area contributed by atoms with Gasteiger partial charge in [-0.3, -0.25) is 9.78 Å². The number of aromatic nitrogens is 1. The molecule has 23 heavy (non-hydrogen) atoms. The molecule has 0 aliphatic rings. The van der Waals surface area contributed by atoms with Crippen LogP contribution in [-0.4, -0.2) is 16.1 Å². The normalized spacial score (nSPS) is 11.6. The molecule has 0 amide bonds. The zero-order valence-corrected chi connectivity index (χ0v) is 13.4. The number of alkyl halides is 3. The quantitative estimate of drug-likeness (QED) is 0.725. The lowest BCUT2D eigenvalue weighted by molar-refractivity contribution is -0.141. The van der Waals surface area contributed by atoms with E-state index in [0.717, 1.165) is 12.3 Å². The third-order valence-electron chi connectivity index (χ3n) is 2.93. The number of carbonyl (C=O) groups is 1. The molecule has 1 aromatic heterocycles. The van der Waals surface area contributed by atoms with Crippen LogP contribution in [0.25, 0.3) is 11.1 Å². The van der Waals surface area contributed by atoms with E-state index in [1.165, 1.54) is 12.1 Å². The highest BCUT2D eigenvalue weighted by Gasteiger charge is 2.37. The second-order valence-electron chi connectivity index (χ2n) is 4.51. The number of hydrogen-bond donors (Lipinski definition) is 1. The molecular formula is C14H7Cl3F3NO2. The van der Waals surface area contributed by atoms with Crippen LogP contribution >= 0.6 is 34.8 Å². The van der Waals surface area contributed by atoms with Gasteiger partial charge in [-0.05, 0) is 23.8 Å². The fourth-order valence-electron chi connectivity index (χ4n) is 2.04. The van der Waals surface area contributed by atoms with Gasteiger partial charge in [0.15, 0.2) is 5.69 Å². The Balaban J connectivity index is 2.82. The van der Waals surface area contributed by atoms with Gasteiger partial charge >= 0.3 is 12.1 Å². The first-order valence-corrected chi connectivity index (χ1v) is 7.16. The van der Waals surface area contributed by atoms with Crippen LogP contribution in [0.4, 0.5) is 13.2 Å². The molecule has 0 aliphatic carbocycles. The van der Waals surface area contributed by atoms with E-state index in [9.17, 15) is 18.0 Å². The summed E-state index contributed by atoms with van der Waals surface area (Å²) in [6, 6.07) is 3.54. The Morgan fingerprint density at radius 3 is 2.30 bits per heavy atom. The molecule has 0 unspecified atom stereocenters. The van der Waals surface area contributed by atoms with Crippen molar-refractivity contribution < 1.29 is 23.1 Å². The number of rotatable bonds is 3. The Labute approximate surface area is 143 Å². The standard InChI is InChI=1S/C14H7Cl3F3NO2/c15-8-5-10(17)9(16)4-7(8)12-6(3-11(22)23)1-2-21-13(12)14(18,19)20/h1-2,4-5H,3H2,(H,22,23). The van der Waals surface area contributed by atoms with Gasteiger partial charge in [0, 0.05) is 17.3 Å². The van der Waals surface area contributed by atoms with Gasteiger partial charge in [0.1, 0.15) is 0 Å². The summed E-state index contributed by atoms with van der Waals surface area (Å²) in [6.07, 6.45) is -4.52. The van der Waals surface area contributed by atoms with Crippen molar-refractivity contribution in [1.82, 2.24) is 4.98 Å². The Bertz CT molecular complexity index is 779. The van der Waals surface area contributed by atoms with Gasteiger partial charge in [0.25, 0.3) is 0 Å². The second kappa shape index (κ2) is 6.55.